The molecule has 0 N–H and O–H groups in total. The van der Waals surface area contributed by atoms with Crippen LogP contribution in [0.15, 0.2) is 85.5 Å². The number of hydrogen-bond acceptors (Lipinski definition) is 2. The molecule has 0 radical (unpaired) electrons. The number of hydrogen-bond donors (Lipinski definition) is 0. The van der Waals surface area contributed by atoms with Crippen LogP contribution in [-0.2, 0) is 14.1 Å². The molecule has 0 saturated heterocycles. The van der Waals surface area contributed by atoms with Crippen molar-refractivity contribution in [2.45, 2.75) is 12.3 Å². The second-order valence-electron chi connectivity index (χ2n) is 6.72. The predicted molar refractivity (Wildman–Crippen MR) is 121 cm³/mol. The molecule has 4 nitrogen and oxygen atoms in total. The van der Waals surface area contributed by atoms with E-state index in [2.05, 4.69) is 90.8 Å². The average molecular weight is 406 g/mol. The second-order valence-corrected chi connectivity index (χ2v) is 12.0. The van der Waals surface area contributed by atoms with Gasteiger partial charge in [-0.2, -0.15) is 0 Å². The van der Waals surface area contributed by atoms with Gasteiger partial charge in [-0.3, -0.25) is 0 Å². The van der Waals surface area contributed by atoms with Crippen LogP contribution < -0.4 is 21.7 Å². The quantitative estimate of drug-likeness (QED) is 0.462. The lowest BCUT2D eigenvalue weighted by Gasteiger charge is -2.31. The van der Waals surface area contributed by atoms with E-state index in [1.807, 2.05) is 24.8 Å². The Hall–Kier alpha value is -2.28. The van der Waals surface area contributed by atoms with Gasteiger partial charge in [0, 0.05) is 60.1 Å². The lowest BCUT2D eigenvalue weighted by molar-refractivity contribution is 0.948. The lowest BCUT2D eigenvalue weighted by Crippen LogP contribution is -2.31. The van der Waals surface area contributed by atoms with E-state index in [0.29, 0.717) is 5.40 Å². The first-order valence-corrected chi connectivity index (χ1v) is 12.1. The van der Waals surface area contributed by atoms with E-state index >= 15 is 0 Å². The molecule has 0 spiro atoms. The van der Waals surface area contributed by atoms with E-state index in [4.69, 9.17) is 9.97 Å². The molecule has 0 aliphatic rings. The SMILES string of the molecule is CC(P(c1ccccc1)c1nccn1C)P(c1ccccc1)c1nccn1C. The summed E-state index contributed by atoms with van der Waals surface area (Å²) in [6.45, 7) is 2.38. The van der Waals surface area contributed by atoms with E-state index in [1.54, 1.807) is 0 Å². The van der Waals surface area contributed by atoms with Crippen LogP contribution in [0.25, 0.3) is 0 Å². The van der Waals surface area contributed by atoms with Crippen LogP contribution in [-0.4, -0.2) is 24.5 Å². The van der Waals surface area contributed by atoms with E-state index in [-0.39, 0.29) is 0 Å². The van der Waals surface area contributed by atoms with E-state index in [0.717, 1.165) is 11.1 Å². The molecule has 2 unspecified atom stereocenters. The third kappa shape index (κ3) is 3.68. The van der Waals surface area contributed by atoms with Crippen LogP contribution in [0.2, 0.25) is 0 Å². The van der Waals surface area contributed by atoms with Crippen LogP contribution in [0.1, 0.15) is 6.92 Å². The monoisotopic (exact) mass is 406 g/mol. The highest BCUT2D eigenvalue weighted by Crippen LogP contribution is 2.55. The minimum atomic E-state index is -0.649. The highest BCUT2D eigenvalue weighted by Gasteiger charge is 2.34. The smallest absolute Gasteiger partial charge is 0.136 e. The summed E-state index contributed by atoms with van der Waals surface area (Å²) in [5.41, 5.74) is 2.32. The van der Waals surface area contributed by atoms with Gasteiger partial charge in [0.05, 0.1) is 0 Å². The van der Waals surface area contributed by atoms with Gasteiger partial charge in [-0.1, -0.05) is 67.6 Å². The maximum absolute atomic E-state index is 4.77. The zero-order valence-corrected chi connectivity index (χ0v) is 18.1. The zero-order valence-electron chi connectivity index (χ0n) is 16.3. The fourth-order valence-electron chi connectivity index (χ4n) is 3.47. The van der Waals surface area contributed by atoms with Crippen LogP contribution in [0, 0.1) is 0 Å². The van der Waals surface area contributed by atoms with Crippen molar-refractivity contribution in [1.29, 1.82) is 0 Å². The van der Waals surface area contributed by atoms with Crippen LogP contribution >= 0.6 is 15.8 Å². The van der Waals surface area contributed by atoms with Gasteiger partial charge in [-0.25, -0.2) is 9.97 Å². The van der Waals surface area contributed by atoms with Gasteiger partial charge in [-0.15, -0.1) is 0 Å². The molecule has 28 heavy (non-hydrogen) atoms. The second kappa shape index (κ2) is 8.39. The third-order valence-electron chi connectivity index (χ3n) is 4.84. The van der Waals surface area contributed by atoms with Gasteiger partial charge in [0.25, 0.3) is 0 Å². The van der Waals surface area contributed by atoms with Crippen molar-refractivity contribution in [3.8, 4) is 0 Å². The standard InChI is InChI=1S/C22H24N4P2/c1-18(27(19-10-6-4-7-11-19)21-23-14-16-25(21)2)28(20-12-8-5-9-13-20)22-24-15-17-26(22)3/h4-18H,1-3H3. The van der Waals surface area contributed by atoms with Crippen molar-refractivity contribution in [3.05, 3.63) is 85.5 Å². The average Bonchev–Trinajstić information content (AvgIpc) is 3.33. The minimum absolute atomic E-state index is 0.386. The highest BCUT2D eigenvalue weighted by atomic mass is 31.2. The minimum Gasteiger partial charge on any atom is -0.334 e. The summed E-state index contributed by atoms with van der Waals surface area (Å²) < 4.78 is 4.35. The van der Waals surface area contributed by atoms with Crippen molar-refractivity contribution in [2.24, 2.45) is 14.1 Å². The van der Waals surface area contributed by atoms with Gasteiger partial charge in [0.1, 0.15) is 11.1 Å². The topological polar surface area (TPSA) is 35.6 Å². The molecule has 0 bridgehead atoms. The molecular weight excluding hydrogens is 382 g/mol. The molecule has 0 aliphatic carbocycles. The van der Waals surface area contributed by atoms with E-state index < -0.39 is 15.8 Å². The number of benzene rings is 2. The van der Waals surface area contributed by atoms with Gasteiger partial charge < -0.3 is 9.13 Å². The summed E-state index contributed by atoms with van der Waals surface area (Å²) in [6.07, 6.45) is 7.91. The summed E-state index contributed by atoms with van der Waals surface area (Å²) in [6, 6.07) is 21.7. The fraction of sp³-hybridized carbons (Fsp3) is 0.182. The highest BCUT2D eigenvalue weighted by molar-refractivity contribution is 7.89. The molecule has 142 valence electrons. The van der Waals surface area contributed by atoms with Gasteiger partial charge >= 0.3 is 0 Å². The van der Waals surface area contributed by atoms with Crippen molar-refractivity contribution in [2.75, 3.05) is 0 Å². The van der Waals surface area contributed by atoms with Crippen LogP contribution in [0.4, 0.5) is 0 Å². The number of aryl methyl sites for hydroxylation is 2. The molecule has 6 heteroatoms. The number of imidazole rings is 2. The van der Waals surface area contributed by atoms with Gasteiger partial charge in [0.2, 0.25) is 0 Å². The van der Waals surface area contributed by atoms with E-state index in [1.165, 1.54) is 10.6 Å². The Kier molecular flexibility index (Phi) is 5.71. The first-order chi connectivity index (χ1) is 13.7. The van der Waals surface area contributed by atoms with Crippen LogP contribution in [0.3, 0.4) is 0 Å². The number of aromatic nitrogens is 4. The Morgan fingerprint density at radius 2 is 1.07 bits per heavy atom. The summed E-state index contributed by atoms with van der Waals surface area (Å²) in [5, 5.41) is 3.10. The van der Waals surface area contributed by atoms with Crippen molar-refractivity contribution >= 4 is 37.6 Å². The number of nitrogens with zero attached hydrogens (tertiary/aromatic N) is 4. The molecule has 0 aliphatic heterocycles. The molecule has 4 rings (SSSR count). The fourth-order valence-corrected chi connectivity index (χ4v) is 9.99. The normalized spacial score (nSPS) is 14.5. The first kappa shape index (κ1) is 19.1. The van der Waals surface area contributed by atoms with Crippen LogP contribution in [0.5, 0.6) is 0 Å². The van der Waals surface area contributed by atoms with Gasteiger partial charge in [0.15, 0.2) is 0 Å². The Bertz CT molecular complexity index is 943. The van der Waals surface area contributed by atoms with Crippen molar-refractivity contribution in [3.63, 3.8) is 0 Å². The molecule has 2 aromatic carbocycles. The van der Waals surface area contributed by atoms with E-state index in [9.17, 15) is 0 Å². The zero-order chi connectivity index (χ0) is 19.5. The molecule has 0 amide bonds. The molecule has 0 fully saturated rings. The van der Waals surface area contributed by atoms with Crippen molar-refractivity contribution < 1.29 is 0 Å². The number of rotatable bonds is 6. The molecule has 0 saturated carbocycles. The van der Waals surface area contributed by atoms with Gasteiger partial charge in [-0.05, 0) is 10.6 Å². The summed E-state index contributed by atoms with van der Waals surface area (Å²) in [7, 11) is 2.89. The molecule has 2 atom stereocenters. The summed E-state index contributed by atoms with van der Waals surface area (Å²) in [5.74, 6) is 0. The Balaban J connectivity index is 1.86. The maximum Gasteiger partial charge on any atom is 0.136 e. The summed E-state index contributed by atoms with van der Waals surface area (Å²) in [4.78, 5) is 9.54. The Labute approximate surface area is 168 Å². The molecule has 2 aromatic heterocycles. The summed E-state index contributed by atoms with van der Waals surface area (Å²) >= 11 is 0. The maximum atomic E-state index is 4.77. The first-order valence-electron chi connectivity index (χ1n) is 9.30. The Morgan fingerprint density at radius 3 is 1.39 bits per heavy atom. The third-order valence-corrected chi connectivity index (χ3v) is 11.2. The predicted octanol–water partition coefficient (Wildman–Crippen LogP) is 3.07. The largest absolute Gasteiger partial charge is 0.334 e. The molecular formula is C22H24N4P2. The Morgan fingerprint density at radius 1 is 0.679 bits per heavy atom. The van der Waals surface area contributed by atoms with Crippen molar-refractivity contribution in [1.82, 2.24) is 19.1 Å². The molecule has 4 aromatic rings. The lowest BCUT2D eigenvalue weighted by atomic mass is 10.4. The molecule has 2 heterocycles.